The standard InChI is InChI=1S/C19H23N3O3S/c1-25-12-18(23)22-9-5-8-15(11-22)19(24)20-10-17-21-16(13-26-17)14-6-3-2-4-7-14/h2-4,6-7,13,15H,5,8-12H2,1H3,(H,20,24). The fraction of sp³-hybridized carbons (Fsp3) is 0.421. The van der Waals surface area contributed by atoms with E-state index in [-0.39, 0.29) is 24.3 Å². The molecule has 1 aromatic heterocycles. The highest BCUT2D eigenvalue weighted by Crippen LogP contribution is 2.22. The van der Waals surface area contributed by atoms with Crippen molar-refractivity contribution >= 4 is 23.2 Å². The average Bonchev–Trinajstić information content (AvgIpc) is 3.16. The van der Waals surface area contributed by atoms with Crippen molar-refractivity contribution in [1.82, 2.24) is 15.2 Å². The van der Waals surface area contributed by atoms with Crippen molar-refractivity contribution in [2.75, 3.05) is 26.8 Å². The molecular formula is C19H23N3O3S. The van der Waals surface area contributed by atoms with Gasteiger partial charge in [0.25, 0.3) is 0 Å². The van der Waals surface area contributed by atoms with Gasteiger partial charge in [-0.05, 0) is 12.8 Å². The number of piperidine rings is 1. The number of methoxy groups -OCH3 is 1. The molecule has 0 saturated carbocycles. The topological polar surface area (TPSA) is 71.5 Å². The third kappa shape index (κ3) is 4.68. The van der Waals surface area contributed by atoms with Crippen molar-refractivity contribution in [3.8, 4) is 11.3 Å². The van der Waals surface area contributed by atoms with Crippen molar-refractivity contribution in [1.29, 1.82) is 0 Å². The molecule has 0 bridgehead atoms. The van der Waals surface area contributed by atoms with E-state index in [2.05, 4.69) is 10.3 Å². The van der Waals surface area contributed by atoms with Gasteiger partial charge in [-0.3, -0.25) is 9.59 Å². The first-order valence-corrected chi connectivity index (χ1v) is 9.59. The van der Waals surface area contributed by atoms with Crippen molar-refractivity contribution in [3.05, 3.63) is 40.7 Å². The normalized spacial score (nSPS) is 17.1. The van der Waals surface area contributed by atoms with Crippen LogP contribution in [0.1, 0.15) is 17.8 Å². The predicted molar refractivity (Wildman–Crippen MR) is 101 cm³/mol. The molecule has 26 heavy (non-hydrogen) atoms. The molecule has 1 saturated heterocycles. The second-order valence-corrected chi connectivity index (χ2v) is 7.26. The van der Waals surface area contributed by atoms with E-state index in [1.165, 1.54) is 18.4 Å². The van der Waals surface area contributed by atoms with Crippen molar-refractivity contribution < 1.29 is 14.3 Å². The number of likely N-dealkylation sites (tertiary alicyclic amines) is 1. The molecule has 1 aliphatic heterocycles. The van der Waals surface area contributed by atoms with Gasteiger partial charge >= 0.3 is 0 Å². The van der Waals surface area contributed by atoms with Crippen LogP contribution in [0.15, 0.2) is 35.7 Å². The number of carbonyl (C=O) groups excluding carboxylic acids is 2. The minimum absolute atomic E-state index is 0.0172. The van der Waals surface area contributed by atoms with Gasteiger partial charge in [-0.25, -0.2) is 4.98 Å². The zero-order valence-electron chi connectivity index (χ0n) is 14.8. The molecule has 6 nitrogen and oxygen atoms in total. The van der Waals surface area contributed by atoms with E-state index >= 15 is 0 Å². The van der Waals surface area contributed by atoms with Gasteiger partial charge in [0.15, 0.2) is 0 Å². The highest BCUT2D eigenvalue weighted by molar-refractivity contribution is 7.09. The van der Waals surface area contributed by atoms with E-state index in [1.807, 2.05) is 35.7 Å². The zero-order chi connectivity index (χ0) is 18.4. The summed E-state index contributed by atoms with van der Waals surface area (Å²) < 4.78 is 4.90. The molecule has 1 atom stereocenters. The number of nitrogens with one attached hydrogen (secondary N) is 1. The molecule has 1 aromatic carbocycles. The van der Waals surface area contributed by atoms with Gasteiger partial charge in [-0.2, -0.15) is 0 Å². The fourth-order valence-corrected chi connectivity index (χ4v) is 3.82. The minimum atomic E-state index is -0.168. The maximum atomic E-state index is 12.5. The van der Waals surface area contributed by atoms with Crippen molar-refractivity contribution in [3.63, 3.8) is 0 Å². The van der Waals surface area contributed by atoms with Gasteiger partial charge < -0.3 is 15.0 Å². The number of carbonyl (C=O) groups is 2. The van der Waals surface area contributed by atoms with E-state index in [9.17, 15) is 9.59 Å². The summed E-state index contributed by atoms with van der Waals surface area (Å²) in [7, 11) is 1.50. The Morgan fingerprint density at radius 3 is 2.92 bits per heavy atom. The Bertz CT molecular complexity index is 747. The second-order valence-electron chi connectivity index (χ2n) is 6.32. The maximum Gasteiger partial charge on any atom is 0.248 e. The summed E-state index contributed by atoms with van der Waals surface area (Å²) in [6.45, 7) is 1.63. The van der Waals surface area contributed by atoms with Crippen LogP contribution in [0, 0.1) is 5.92 Å². The lowest BCUT2D eigenvalue weighted by Gasteiger charge is -2.31. The van der Waals surface area contributed by atoms with E-state index in [0.717, 1.165) is 29.1 Å². The third-order valence-corrected chi connectivity index (χ3v) is 5.30. The molecule has 0 aliphatic carbocycles. The Labute approximate surface area is 157 Å². The Morgan fingerprint density at radius 1 is 1.35 bits per heavy atom. The highest BCUT2D eigenvalue weighted by atomic mass is 32.1. The number of rotatable bonds is 6. The number of amides is 2. The summed E-state index contributed by atoms with van der Waals surface area (Å²) in [4.78, 5) is 30.7. The van der Waals surface area contributed by atoms with Gasteiger partial charge in [0.05, 0.1) is 18.2 Å². The largest absolute Gasteiger partial charge is 0.375 e. The Kier molecular flexibility index (Phi) is 6.35. The zero-order valence-corrected chi connectivity index (χ0v) is 15.6. The molecule has 2 aromatic rings. The van der Waals surface area contributed by atoms with Gasteiger partial charge in [0, 0.05) is 31.1 Å². The number of hydrogen-bond acceptors (Lipinski definition) is 5. The average molecular weight is 373 g/mol. The van der Waals surface area contributed by atoms with Crippen LogP contribution in [0.4, 0.5) is 0 Å². The van der Waals surface area contributed by atoms with Crippen molar-refractivity contribution in [2.45, 2.75) is 19.4 Å². The molecule has 1 N–H and O–H groups in total. The van der Waals surface area contributed by atoms with Crippen LogP contribution in [-0.2, 0) is 20.9 Å². The molecule has 2 heterocycles. The lowest BCUT2D eigenvalue weighted by Crippen LogP contribution is -2.46. The molecule has 138 valence electrons. The molecule has 7 heteroatoms. The summed E-state index contributed by atoms with van der Waals surface area (Å²) in [5.41, 5.74) is 2.00. The van der Waals surface area contributed by atoms with E-state index in [1.54, 1.807) is 4.90 Å². The van der Waals surface area contributed by atoms with Crippen LogP contribution >= 0.6 is 11.3 Å². The highest BCUT2D eigenvalue weighted by Gasteiger charge is 2.28. The van der Waals surface area contributed by atoms with Crippen molar-refractivity contribution in [2.24, 2.45) is 5.92 Å². The van der Waals surface area contributed by atoms with Crippen LogP contribution in [-0.4, -0.2) is 48.5 Å². The van der Waals surface area contributed by atoms with Crippen LogP contribution in [0.3, 0.4) is 0 Å². The number of hydrogen-bond donors (Lipinski definition) is 1. The minimum Gasteiger partial charge on any atom is -0.375 e. The second kappa shape index (κ2) is 8.91. The van der Waals surface area contributed by atoms with Crippen LogP contribution in [0.2, 0.25) is 0 Å². The molecule has 3 rings (SSSR count). The Hall–Kier alpha value is -2.25. The summed E-state index contributed by atoms with van der Waals surface area (Å²) in [6.07, 6.45) is 1.64. The lowest BCUT2D eigenvalue weighted by atomic mass is 9.97. The lowest BCUT2D eigenvalue weighted by molar-refractivity contribution is -0.139. The molecule has 0 radical (unpaired) electrons. The number of thiazole rings is 1. The predicted octanol–water partition coefficient (Wildman–Crippen LogP) is 2.31. The van der Waals surface area contributed by atoms with E-state index < -0.39 is 0 Å². The maximum absolute atomic E-state index is 12.5. The van der Waals surface area contributed by atoms with Gasteiger partial charge in [-0.1, -0.05) is 30.3 Å². The molecular weight excluding hydrogens is 350 g/mol. The van der Waals surface area contributed by atoms with E-state index in [0.29, 0.717) is 19.6 Å². The van der Waals surface area contributed by atoms with Crippen LogP contribution < -0.4 is 5.32 Å². The Morgan fingerprint density at radius 2 is 2.15 bits per heavy atom. The van der Waals surface area contributed by atoms with Gasteiger partial charge in [0.1, 0.15) is 11.6 Å². The van der Waals surface area contributed by atoms with Gasteiger partial charge in [-0.15, -0.1) is 11.3 Å². The quantitative estimate of drug-likeness (QED) is 0.843. The molecule has 1 aliphatic rings. The summed E-state index contributed by atoms with van der Waals surface area (Å²) in [6, 6.07) is 9.98. The third-order valence-electron chi connectivity index (χ3n) is 4.45. The number of nitrogens with zero attached hydrogens (tertiary/aromatic N) is 2. The number of aromatic nitrogens is 1. The summed E-state index contributed by atoms with van der Waals surface area (Å²) in [5.74, 6) is -0.244. The first-order valence-electron chi connectivity index (χ1n) is 8.71. The van der Waals surface area contributed by atoms with E-state index in [4.69, 9.17) is 4.74 Å². The summed E-state index contributed by atoms with van der Waals surface area (Å²) in [5, 5.41) is 5.84. The first kappa shape index (κ1) is 18.5. The monoisotopic (exact) mass is 373 g/mol. The molecule has 1 fully saturated rings. The SMILES string of the molecule is COCC(=O)N1CCCC(C(=O)NCc2nc(-c3ccccc3)cs2)C1. The van der Waals surface area contributed by atoms with Gasteiger partial charge in [0.2, 0.25) is 11.8 Å². The first-order chi connectivity index (χ1) is 12.7. The van der Waals surface area contributed by atoms with Crippen LogP contribution in [0.25, 0.3) is 11.3 Å². The smallest absolute Gasteiger partial charge is 0.248 e. The van der Waals surface area contributed by atoms with Crippen LogP contribution in [0.5, 0.6) is 0 Å². The fourth-order valence-electron chi connectivity index (χ4n) is 3.07. The molecule has 2 amide bonds. The molecule has 1 unspecified atom stereocenters. The number of benzene rings is 1. The molecule has 0 spiro atoms. The Balaban J connectivity index is 1.52. The number of ether oxygens (including phenoxy) is 1. The summed E-state index contributed by atoms with van der Waals surface area (Å²) >= 11 is 1.54.